The first kappa shape index (κ1) is 9.20. The second-order valence-corrected chi connectivity index (χ2v) is 3.16. The van der Waals surface area contributed by atoms with Crippen molar-refractivity contribution in [1.82, 2.24) is 4.98 Å². The second kappa shape index (κ2) is 3.68. The third kappa shape index (κ3) is 1.83. The summed E-state index contributed by atoms with van der Waals surface area (Å²) in [5.74, 6) is -0.103. The highest BCUT2D eigenvalue weighted by Gasteiger charge is 2.05. The van der Waals surface area contributed by atoms with Crippen molar-refractivity contribution < 1.29 is 4.79 Å². The molecule has 0 aliphatic carbocycles. The molecule has 0 bridgehead atoms. The molecule has 0 aromatic carbocycles. The zero-order valence-electron chi connectivity index (χ0n) is 7.04. The van der Waals surface area contributed by atoms with Gasteiger partial charge in [0.2, 0.25) is 0 Å². The van der Waals surface area contributed by atoms with Crippen molar-refractivity contribution in [3.05, 3.63) is 28.5 Å². The Morgan fingerprint density at radius 3 is 2.83 bits per heavy atom. The monoisotopic (exact) mass is 183 g/mol. The minimum atomic E-state index is -0.103. The van der Waals surface area contributed by atoms with Gasteiger partial charge < -0.3 is 4.79 Å². The molecule has 1 heterocycles. The predicted molar refractivity (Wildman–Crippen MR) is 48.5 cm³/mol. The Balaban J connectivity index is 3.04. The summed E-state index contributed by atoms with van der Waals surface area (Å²) in [5, 5.41) is 0.497. The number of aryl methyl sites for hydroxylation is 1. The lowest BCUT2D eigenvalue weighted by molar-refractivity contribution is -0.108. The minimum absolute atomic E-state index is 0.103. The summed E-state index contributed by atoms with van der Waals surface area (Å²) in [6.45, 7) is 3.70. The van der Waals surface area contributed by atoms with E-state index in [0.29, 0.717) is 5.15 Å². The van der Waals surface area contributed by atoms with E-state index in [2.05, 4.69) is 4.98 Å². The number of hydrogen-bond acceptors (Lipinski definition) is 2. The first-order valence-corrected chi connectivity index (χ1v) is 4.10. The van der Waals surface area contributed by atoms with E-state index in [1.807, 2.05) is 19.9 Å². The highest BCUT2D eigenvalue weighted by atomic mass is 35.5. The summed E-state index contributed by atoms with van der Waals surface area (Å²) >= 11 is 5.73. The molecule has 0 radical (unpaired) electrons. The summed E-state index contributed by atoms with van der Waals surface area (Å²) in [6.07, 6.45) is 2.53. The van der Waals surface area contributed by atoms with Gasteiger partial charge in [-0.3, -0.25) is 0 Å². The van der Waals surface area contributed by atoms with Gasteiger partial charge in [-0.25, -0.2) is 4.98 Å². The highest BCUT2D eigenvalue weighted by Crippen LogP contribution is 2.17. The van der Waals surface area contributed by atoms with Gasteiger partial charge in [0.15, 0.2) is 0 Å². The molecule has 1 unspecified atom stereocenters. The van der Waals surface area contributed by atoms with Gasteiger partial charge in [0.25, 0.3) is 0 Å². The molecule has 12 heavy (non-hydrogen) atoms. The van der Waals surface area contributed by atoms with Crippen LogP contribution in [0, 0.1) is 6.92 Å². The fourth-order valence-corrected chi connectivity index (χ4v) is 1.01. The molecule has 0 fully saturated rings. The van der Waals surface area contributed by atoms with Crippen LogP contribution in [0.1, 0.15) is 24.0 Å². The second-order valence-electron chi connectivity index (χ2n) is 2.80. The van der Waals surface area contributed by atoms with Crippen molar-refractivity contribution in [3.8, 4) is 0 Å². The molecule has 3 heteroatoms. The Hall–Kier alpha value is -0.890. The van der Waals surface area contributed by atoms with Crippen LogP contribution in [-0.4, -0.2) is 11.3 Å². The Morgan fingerprint density at radius 2 is 2.33 bits per heavy atom. The van der Waals surface area contributed by atoms with Crippen LogP contribution in [0.15, 0.2) is 12.3 Å². The lowest BCUT2D eigenvalue weighted by Gasteiger charge is -2.04. The van der Waals surface area contributed by atoms with E-state index in [1.165, 1.54) is 0 Å². The average molecular weight is 184 g/mol. The zero-order chi connectivity index (χ0) is 9.14. The molecule has 0 aliphatic heterocycles. The molecule has 0 aliphatic rings. The maximum absolute atomic E-state index is 10.4. The molecule has 2 nitrogen and oxygen atoms in total. The zero-order valence-corrected chi connectivity index (χ0v) is 7.80. The van der Waals surface area contributed by atoms with Gasteiger partial charge in [0.05, 0.1) is 0 Å². The van der Waals surface area contributed by atoms with Crippen molar-refractivity contribution in [1.29, 1.82) is 0 Å². The van der Waals surface area contributed by atoms with Crippen LogP contribution in [0.3, 0.4) is 0 Å². The standard InChI is InChI=1S/C9H10ClNO/c1-6-3-8(7(2)5-12)4-11-9(6)10/h3-5,7H,1-2H3. The van der Waals surface area contributed by atoms with Crippen molar-refractivity contribution >= 4 is 17.9 Å². The van der Waals surface area contributed by atoms with Crippen LogP contribution in [0.2, 0.25) is 5.15 Å². The number of rotatable bonds is 2. The van der Waals surface area contributed by atoms with Crippen LogP contribution in [0.4, 0.5) is 0 Å². The summed E-state index contributed by atoms with van der Waals surface area (Å²) in [4.78, 5) is 14.4. The number of carbonyl (C=O) groups is 1. The normalized spacial score (nSPS) is 12.6. The molecular formula is C9H10ClNO. The van der Waals surface area contributed by atoms with Gasteiger partial charge >= 0.3 is 0 Å². The average Bonchev–Trinajstić information content (AvgIpc) is 2.08. The largest absolute Gasteiger partial charge is 0.303 e. The lowest BCUT2D eigenvalue weighted by atomic mass is 10.0. The van der Waals surface area contributed by atoms with E-state index in [1.54, 1.807) is 6.20 Å². The van der Waals surface area contributed by atoms with E-state index >= 15 is 0 Å². The molecule has 64 valence electrons. The highest BCUT2D eigenvalue weighted by molar-refractivity contribution is 6.30. The van der Waals surface area contributed by atoms with E-state index in [-0.39, 0.29) is 5.92 Å². The van der Waals surface area contributed by atoms with Gasteiger partial charge in [-0.15, -0.1) is 0 Å². The molecule has 1 aromatic rings. The molecular weight excluding hydrogens is 174 g/mol. The van der Waals surface area contributed by atoms with Crippen LogP contribution in [0.25, 0.3) is 0 Å². The SMILES string of the molecule is Cc1cc(C(C)C=O)cnc1Cl. The van der Waals surface area contributed by atoms with Crippen molar-refractivity contribution in [2.24, 2.45) is 0 Å². The first-order valence-electron chi connectivity index (χ1n) is 3.72. The van der Waals surface area contributed by atoms with Crippen LogP contribution in [-0.2, 0) is 4.79 Å². The minimum Gasteiger partial charge on any atom is -0.303 e. The van der Waals surface area contributed by atoms with Gasteiger partial charge in [-0.05, 0) is 18.1 Å². The number of nitrogens with zero attached hydrogens (tertiary/aromatic N) is 1. The number of aldehydes is 1. The van der Waals surface area contributed by atoms with Crippen LogP contribution >= 0.6 is 11.6 Å². The van der Waals surface area contributed by atoms with Gasteiger partial charge in [0.1, 0.15) is 11.4 Å². The smallest absolute Gasteiger partial charge is 0.131 e. The molecule has 0 amide bonds. The van der Waals surface area contributed by atoms with Gasteiger partial charge in [0, 0.05) is 12.1 Å². The third-order valence-corrected chi connectivity index (χ3v) is 2.16. The van der Waals surface area contributed by atoms with E-state index in [0.717, 1.165) is 17.4 Å². The number of pyridine rings is 1. The number of carbonyl (C=O) groups excluding carboxylic acids is 1. The third-order valence-electron chi connectivity index (χ3n) is 1.77. The molecule has 1 aromatic heterocycles. The summed E-state index contributed by atoms with van der Waals surface area (Å²) < 4.78 is 0. The van der Waals surface area contributed by atoms with E-state index in [4.69, 9.17) is 11.6 Å². The van der Waals surface area contributed by atoms with Crippen molar-refractivity contribution in [2.75, 3.05) is 0 Å². The molecule has 0 N–H and O–H groups in total. The quantitative estimate of drug-likeness (QED) is 0.521. The molecule has 1 atom stereocenters. The maximum atomic E-state index is 10.4. The molecule has 1 rings (SSSR count). The Kier molecular flexibility index (Phi) is 2.82. The lowest BCUT2D eigenvalue weighted by Crippen LogP contribution is -1.96. The first-order chi connectivity index (χ1) is 5.65. The summed E-state index contributed by atoms with van der Waals surface area (Å²) in [6, 6.07) is 1.88. The predicted octanol–water partition coefficient (Wildman–Crippen LogP) is 2.35. The molecule has 0 saturated heterocycles. The topological polar surface area (TPSA) is 30.0 Å². The molecule has 0 saturated carbocycles. The van der Waals surface area contributed by atoms with Gasteiger partial charge in [-0.1, -0.05) is 24.6 Å². The van der Waals surface area contributed by atoms with E-state index in [9.17, 15) is 4.79 Å². The summed E-state index contributed by atoms with van der Waals surface area (Å²) in [5.41, 5.74) is 1.81. The number of hydrogen-bond donors (Lipinski definition) is 0. The van der Waals surface area contributed by atoms with E-state index < -0.39 is 0 Å². The fourth-order valence-electron chi connectivity index (χ4n) is 0.907. The van der Waals surface area contributed by atoms with Gasteiger partial charge in [-0.2, -0.15) is 0 Å². The van der Waals surface area contributed by atoms with Crippen LogP contribution in [0.5, 0.6) is 0 Å². The maximum Gasteiger partial charge on any atom is 0.131 e. The number of halogens is 1. The Labute approximate surface area is 76.6 Å². The number of aromatic nitrogens is 1. The summed E-state index contributed by atoms with van der Waals surface area (Å²) in [7, 11) is 0. The van der Waals surface area contributed by atoms with Crippen LogP contribution < -0.4 is 0 Å². The Bertz CT molecular complexity index is 299. The Morgan fingerprint density at radius 1 is 1.67 bits per heavy atom. The van der Waals surface area contributed by atoms with Crippen molar-refractivity contribution in [2.45, 2.75) is 19.8 Å². The molecule has 0 spiro atoms. The fraction of sp³-hybridized carbons (Fsp3) is 0.333. The van der Waals surface area contributed by atoms with Crippen molar-refractivity contribution in [3.63, 3.8) is 0 Å².